The molecule has 26 heavy (non-hydrogen) atoms. The van der Waals surface area contributed by atoms with E-state index in [1.54, 1.807) is 12.1 Å². The SMILES string of the molecule is Br.CC(C)Nc1nc(-c2ccc(F)c3ccccc23)cc(C(C)(C)C)n1. The number of halogens is 2. The molecule has 1 aromatic heterocycles. The number of hydrogen-bond donors (Lipinski definition) is 1. The van der Waals surface area contributed by atoms with Crippen LogP contribution in [0.3, 0.4) is 0 Å². The molecule has 0 aliphatic carbocycles. The summed E-state index contributed by atoms with van der Waals surface area (Å²) in [5.74, 6) is 0.385. The molecule has 1 N–H and O–H groups in total. The summed E-state index contributed by atoms with van der Waals surface area (Å²) >= 11 is 0. The Bertz CT molecular complexity index is 917. The van der Waals surface area contributed by atoms with Gasteiger partial charge in [0, 0.05) is 22.4 Å². The predicted octanol–water partition coefficient (Wildman–Crippen LogP) is 6.13. The van der Waals surface area contributed by atoms with Crippen molar-refractivity contribution in [1.29, 1.82) is 0 Å². The highest BCUT2D eigenvalue weighted by Gasteiger charge is 2.20. The molecular formula is C21H25BrFN3. The zero-order valence-corrected chi connectivity index (χ0v) is 17.5. The van der Waals surface area contributed by atoms with E-state index < -0.39 is 0 Å². The summed E-state index contributed by atoms with van der Waals surface area (Å²) in [6.45, 7) is 10.5. The van der Waals surface area contributed by atoms with Crippen molar-refractivity contribution >= 4 is 33.7 Å². The molecule has 2 aromatic carbocycles. The summed E-state index contributed by atoms with van der Waals surface area (Å²) in [4.78, 5) is 9.36. The standard InChI is InChI=1S/C21H24FN3.BrH/c1-13(2)23-20-24-18(12-19(25-20)21(3,4)5)16-10-11-17(22)15-9-7-6-8-14(15)16;/h6-13H,1-5H3,(H,23,24,25);1H. The highest BCUT2D eigenvalue weighted by Crippen LogP contribution is 2.32. The minimum atomic E-state index is -0.218. The van der Waals surface area contributed by atoms with Crippen LogP contribution in [0.15, 0.2) is 42.5 Å². The largest absolute Gasteiger partial charge is 0.352 e. The Kier molecular flexibility index (Phi) is 6.02. The lowest BCUT2D eigenvalue weighted by Gasteiger charge is -2.21. The topological polar surface area (TPSA) is 37.8 Å². The van der Waals surface area contributed by atoms with E-state index in [9.17, 15) is 4.39 Å². The van der Waals surface area contributed by atoms with Crippen molar-refractivity contribution in [2.45, 2.75) is 46.1 Å². The number of aromatic nitrogens is 2. The third-order valence-electron chi connectivity index (χ3n) is 4.06. The number of fused-ring (bicyclic) bond motifs is 1. The molecule has 0 spiro atoms. The zero-order chi connectivity index (χ0) is 18.2. The molecular weight excluding hydrogens is 393 g/mol. The summed E-state index contributed by atoms with van der Waals surface area (Å²) in [5, 5.41) is 4.75. The van der Waals surface area contributed by atoms with Gasteiger partial charge in [0.05, 0.1) is 11.4 Å². The number of benzene rings is 2. The van der Waals surface area contributed by atoms with Crippen molar-refractivity contribution in [1.82, 2.24) is 9.97 Å². The van der Waals surface area contributed by atoms with Gasteiger partial charge in [-0.05, 0) is 37.4 Å². The van der Waals surface area contributed by atoms with E-state index in [-0.39, 0.29) is 34.3 Å². The maximum atomic E-state index is 14.2. The molecule has 5 heteroatoms. The van der Waals surface area contributed by atoms with Gasteiger partial charge in [-0.3, -0.25) is 0 Å². The van der Waals surface area contributed by atoms with E-state index in [0.717, 1.165) is 22.3 Å². The van der Waals surface area contributed by atoms with Gasteiger partial charge in [0.15, 0.2) is 0 Å². The van der Waals surface area contributed by atoms with Gasteiger partial charge in [-0.15, -0.1) is 17.0 Å². The summed E-state index contributed by atoms with van der Waals surface area (Å²) < 4.78 is 14.2. The fourth-order valence-electron chi connectivity index (χ4n) is 2.78. The van der Waals surface area contributed by atoms with Crippen LogP contribution in [-0.2, 0) is 5.41 Å². The molecule has 3 nitrogen and oxygen atoms in total. The summed E-state index contributed by atoms with van der Waals surface area (Å²) in [6, 6.07) is 13.0. The van der Waals surface area contributed by atoms with Gasteiger partial charge >= 0.3 is 0 Å². The first-order valence-electron chi connectivity index (χ1n) is 8.59. The minimum absolute atomic E-state index is 0. The van der Waals surface area contributed by atoms with E-state index >= 15 is 0 Å². The fourth-order valence-corrected chi connectivity index (χ4v) is 2.78. The van der Waals surface area contributed by atoms with Crippen molar-refractivity contribution in [3.05, 3.63) is 54.0 Å². The highest BCUT2D eigenvalue weighted by molar-refractivity contribution is 8.93. The second kappa shape index (κ2) is 7.70. The Balaban J connectivity index is 0.00000243. The molecule has 0 radical (unpaired) electrons. The first kappa shape index (κ1) is 20.3. The number of rotatable bonds is 3. The van der Waals surface area contributed by atoms with Gasteiger partial charge in [-0.2, -0.15) is 0 Å². The van der Waals surface area contributed by atoms with E-state index in [4.69, 9.17) is 4.98 Å². The van der Waals surface area contributed by atoms with Gasteiger partial charge in [0.2, 0.25) is 5.95 Å². The number of nitrogens with one attached hydrogen (secondary N) is 1. The summed E-state index contributed by atoms with van der Waals surface area (Å²) in [6.07, 6.45) is 0. The van der Waals surface area contributed by atoms with Crippen LogP contribution >= 0.6 is 17.0 Å². The number of anilines is 1. The molecule has 0 saturated heterocycles. The molecule has 0 bridgehead atoms. The molecule has 0 aliphatic rings. The molecule has 0 atom stereocenters. The average Bonchev–Trinajstić information content (AvgIpc) is 2.54. The first-order valence-corrected chi connectivity index (χ1v) is 8.59. The van der Waals surface area contributed by atoms with Gasteiger partial charge in [0.25, 0.3) is 0 Å². The molecule has 3 aromatic rings. The molecule has 0 fully saturated rings. The Morgan fingerprint density at radius 2 is 1.62 bits per heavy atom. The third kappa shape index (κ3) is 4.21. The normalized spacial score (nSPS) is 11.5. The van der Waals surface area contributed by atoms with Crippen LogP contribution in [-0.4, -0.2) is 16.0 Å². The third-order valence-corrected chi connectivity index (χ3v) is 4.06. The quantitative estimate of drug-likeness (QED) is 0.556. The van der Waals surface area contributed by atoms with Crippen molar-refractivity contribution in [2.75, 3.05) is 5.32 Å². The summed E-state index contributed by atoms with van der Waals surface area (Å²) in [7, 11) is 0. The maximum Gasteiger partial charge on any atom is 0.223 e. The molecule has 0 saturated carbocycles. The Morgan fingerprint density at radius 3 is 2.23 bits per heavy atom. The molecule has 3 rings (SSSR count). The smallest absolute Gasteiger partial charge is 0.223 e. The van der Waals surface area contributed by atoms with E-state index in [2.05, 4.69) is 44.9 Å². The van der Waals surface area contributed by atoms with Crippen LogP contribution in [0.1, 0.15) is 40.3 Å². The molecule has 0 amide bonds. The van der Waals surface area contributed by atoms with Gasteiger partial charge in [-0.25, -0.2) is 14.4 Å². The second-order valence-electron chi connectivity index (χ2n) is 7.65. The lowest BCUT2D eigenvalue weighted by molar-refractivity contribution is 0.567. The Labute approximate surface area is 164 Å². The maximum absolute atomic E-state index is 14.2. The lowest BCUT2D eigenvalue weighted by Crippen LogP contribution is -2.18. The van der Waals surface area contributed by atoms with Crippen LogP contribution in [0.25, 0.3) is 22.0 Å². The van der Waals surface area contributed by atoms with Gasteiger partial charge in [0.1, 0.15) is 5.82 Å². The fraction of sp³-hybridized carbons (Fsp3) is 0.333. The lowest BCUT2D eigenvalue weighted by atomic mass is 9.90. The van der Waals surface area contributed by atoms with Crippen LogP contribution in [0.5, 0.6) is 0 Å². The van der Waals surface area contributed by atoms with Crippen LogP contribution in [0.2, 0.25) is 0 Å². The number of hydrogen-bond acceptors (Lipinski definition) is 3. The average molecular weight is 418 g/mol. The van der Waals surface area contributed by atoms with Crippen LogP contribution < -0.4 is 5.32 Å². The molecule has 138 valence electrons. The first-order chi connectivity index (χ1) is 11.8. The molecule has 1 heterocycles. The monoisotopic (exact) mass is 417 g/mol. The van der Waals surface area contributed by atoms with Crippen molar-refractivity contribution in [2.24, 2.45) is 0 Å². The zero-order valence-electron chi connectivity index (χ0n) is 15.8. The number of nitrogens with zero attached hydrogens (tertiary/aromatic N) is 2. The van der Waals surface area contributed by atoms with Crippen LogP contribution in [0, 0.1) is 5.82 Å². The van der Waals surface area contributed by atoms with E-state index in [1.165, 1.54) is 6.07 Å². The van der Waals surface area contributed by atoms with Gasteiger partial charge < -0.3 is 5.32 Å². The second-order valence-corrected chi connectivity index (χ2v) is 7.65. The Morgan fingerprint density at radius 1 is 0.962 bits per heavy atom. The van der Waals surface area contributed by atoms with E-state index in [0.29, 0.717) is 11.3 Å². The van der Waals surface area contributed by atoms with E-state index in [1.807, 2.05) is 24.3 Å². The van der Waals surface area contributed by atoms with Crippen molar-refractivity contribution < 1.29 is 4.39 Å². The van der Waals surface area contributed by atoms with Crippen molar-refractivity contribution in [3.63, 3.8) is 0 Å². The van der Waals surface area contributed by atoms with Gasteiger partial charge in [-0.1, -0.05) is 45.0 Å². The van der Waals surface area contributed by atoms with Crippen molar-refractivity contribution in [3.8, 4) is 11.3 Å². The molecule has 0 aliphatic heterocycles. The predicted molar refractivity (Wildman–Crippen MR) is 113 cm³/mol. The summed E-state index contributed by atoms with van der Waals surface area (Å²) in [5.41, 5.74) is 2.56. The Hall–Kier alpha value is -2.01. The molecule has 0 unspecified atom stereocenters. The van der Waals surface area contributed by atoms with Crippen LogP contribution in [0.4, 0.5) is 10.3 Å². The minimum Gasteiger partial charge on any atom is -0.352 e. The highest BCUT2D eigenvalue weighted by atomic mass is 79.9.